The second-order valence-corrected chi connectivity index (χ2v) is 2.28. The Balaban J connectivity index is 3.04. The van der Waals surface area contributed by atoms with Crippen LogP contribution in [0.3, 0.4) is 0 Å². The average molecular weight is 166 g/mol. The molecule has 12 heavy (non-hydrogen) atoms. The van der Waals surface area contributed by atoms with E-state index in [0.717, 1.165) is 0 Å². The van der Waals surface area contributed by atoms with Crippen molar-refractivity contribution in [1.82, 2.24) is 0 Å². The highest BCUT2D eigenvalue weighted by Gasteiger charge is 2.05. The van der Waals surface area contributed by atoms with Gasteiger partial charge in [-0.15, -0.1) is 4.91 Å². The van der Waals surface area contributed by atoms with Crippen molar-refractivity contribution in [3.8, 4) is 5.75 Å². The Bertz CT molecular complexity index is 276. The topological polar surface area (TPSA) is 41.9 Å². The molecular formula is C8H10N2O2. The van der Waals surface area contributed by atoms with Crippen molar-refractivity contribution < 1.29 is 4.74 Å². The van der Waals surface area contributed by atoms with Gasteiger partial charge in [0.05, 0.1) is 12.4 Å². The van der Waals surface area contributed by atoms with Gasteiger partial charge in [0.2, 0.25) is 0 Å². The van der Waals surface area contributed by atoms with Crippen LogP contribution in [-0.2, 0) is 0 Å². The van der Waals surface area contributed by atoms with E-state index in [0.29, 0.717) is 11.4 Å². The van der Waals surface area contributed by atoms with Crippen molar-refractivity contribution in [2.24, 2.45) is 5.29 Å². The Morgan fingerprint density at radius 3 is 2.67 bits per heavy atom. The highest BCUT2D eigenvalue weighted by atomic mass is 16.5. The van der Waals surface area contributed by atoms with E-state index in [1.165, 1.54) is 5.01 Å². The first-order chi connectivity index (χ1) is 5.79. The molecule has 0 aliphatic carbocycles. The molecule has 4 heteroatoms. The molecule has 0 fully saturated rings. The van der Waals surface area contributed by atoms with Crippen LogP contribution in [0.1, 0.15) is 0 Å². The van der Waals surface area contributed by atoms with Crippen LogP contribution >= 0.6 is 0 Å². The molecule has 0 unspecified atom stereocenters. The second kappa shape index (κ2) is 3.71. The Hall–Kier alpha value is -1.58. The number of hydrogen-bond acceptors (Lipinski definition) is 3. The van der Waals surface area contributed by atoms with E-state index >= 15 is 0 Å². The molecule has 4 nitrogen and oxygen atoms in total. The number of ether oxygens (including phenoxy) is 1. The SMILES string of the molecule is COc1ccccc1N(C)N=O. The molecular weight excluding hydrogens is 156 g/mol. The van der Waals surface area contributed by atoms with Crippen LogP contribution in [-0.4, -0.2) is 14.2 Å². The van der Waals surface area contributed by atoms with Crippen molar-refractivity contribution in [2.75, 3.05) is 19.2 Å². The third kappa shape index (κ3) is 1.53. The van der Waals surface area contributed by atoms with Crippen LogP contribution in [0, 0.1) is 4.91 Å². The summed E-state index contributed by atoms with van der Waals surface area (Å²) in [6.45, 7) is 0. The Morgan fingerprint density at radius 2 is 2.08 bits per heavy atom. The maximum atomic E-state index is 10.2. The monoisotopic (exact) mass is 166 g/mol. The van der Waals surface area contributed by atoms with Gasteiger partial charge in [0.1, 0.15) is 11.4 Å². The zero-order valence-corrected chi connectivity index (χ0v) is 7.02. The molecule has 0 aromatic heterocycles. The molecule has 64 valence electrons. The zero-order chi connectivity index (χ0) is 8.97. The van der Waals surface area contributed by atoms with Crippen molar-refractivity contribution in [3.63, 3.8) is 0 Å². The Kier molecular flexibility index (Phi) is 2.63. The van der Waals surface area contributed by atoms with Crippen LogP contribution in [0.4, 0.5) is 5.69 Å². The standard InChI is InChI=1S/C8H10N2O2/c1-10(9-11)7-5-3-4-6-8(7)12-2/h3-6H,1-2H3. The Labute approximate surface area is 70.7 Å². The fraction of sp³-hybridized carbons (Fsp3) is 0.250. The molecule has 0 heterocycles. The van der Waals surface area contributed by atoms with Gasteiger partial charge in [-0.05, 0) is 12.1 Å². The lowest BCUT2D eigenvalue weighted by Crippen LogP contribution is -2.07. The number of methoxy groups -OCH3 is 1. The number of rotatable bonds is 3. The van der Waals surface area contributed by atoms with Gasteiger partial charge in [0.15, 0.2) is 0 Å². The third-order valence-corrected chi connectivity index (χ3v) is 1.56. The number of hydrogen-bond donors (Lipinski definition) is 0. The molecule has 0 radical (unpaired) electrons. The summed E-state index contributed by atoms with van der Waals surface area (Å²) in [4.78, 5) is 10.2. The maximum absolute atomic E-state index is 10.2. The highest BCUT2D eigenvalue weighted by molar-refractivity contribution is 5.57. The summed E-state index contributed by atoms with van der Waals surface area (Å²) in [6.07, 6.45) is 0. The predicted molar refractivity (Wildman–Crippen MR) is 47.2 cm³/mol. The number of nitroso groups, excluding NO2 is 1. The van der Waals surface area contributed by atoms with E-state index in [-0.39, 0.29) is 0 Å². The van der Waals surface area contributed by atoms with Crippen molar-refractivity contribution >= 4 is 5.69 Å². The molecule has 1 aromatic carbocycles. The Morgan fingerprint density at radius 1 is 1.42 bits per heavy atom. The summed E-state index contributed by atoms with van der Waals surface area (Å²) in [7, 11) is 3.13. The minimum atomic E-state index is 0.639. The van der Waals surface area contributed by atoms with Gasteiger partial charge in [0, 0.05) is 7.05 Å². The molecule has 0 N–H and O–H groups in total. The number of para-hydroxylation sites is 2. The predicted octanol–water partition coefficient (Wildman–Crippen LogP) is 1.81. The van der Waals surface area contributed by atoms with Gasteiger partial charge in [-0.25, -0.2) is 5.01 Å². The van der Waals surface area contributed by atoms with Crippen LogP contribution in [0.5, 0.6) is 5.75 Å². The molecule has 1 rings (SSSR count). The molecule has 0 saturated heterocycles. The van der Waals surface area contributed by atoms with Gasteiger partial charge in [0.25, 0.3) is 0 Å². The number of benzene rings is 1. The quantitative estimate of drug-likeness (QED) is 0.508. The summed E-state index contributed by atoms with van der Waals surface area (Å²) < 4.78 is 5.03. The second-order valence-electron chi connectivity index (χ2n) is 2.28. The lowest BCUT2D eigenvalue weighted by molar-refractivity contribution is 0.415. The first-order valence-electron chi connectivity index (χ1n) is 3.49. The van der Waals surface area contributed by atoms with E-state index in [9.17, 15) is 4.91 Å². The fourth-order valence-electron chi connectivity index (χ4n) is 0.941. The average Bonchev–Trinajstić information content (AvgIpc) is 2.16. The summed E-state index contributed by atoms with van der Waals surface area (Å²) in [5, 5.41) is 3.99. The summed E-state index contributed by atoms with van der Waals surface area (Å²) in [5.41, 5.74) is 0.662. The van der Waals surface area contributed by atoms with Crippen LogP contribution in [0.2, 0.25) is 0 Å². The fourth-order valence-corrected chi connectivity index (χ4v) is 0.941. The van der Waals surface area contributed by atoms with Gasteiger partial charge >= 0.3 is 0 Å². The molecule has 0 bridgehead atoms. The minimum Gasteiger partial charge on any atom is -0.495 e. The van der Waals surface area contributed by atoms with E-state index in [2.05, 4.69) is 5.29 Å². The largest absolute Gasteiger partial charge is 0.495 e. The molecule has 0 aliphatic heterocycles. The first-order valence-corrected chi connectivity index (χ1v) is 3.49. The summed E-state index contributed by atoms with van der Waals surface area (Å²) in [6, 6.07) is 7.19. The number of anilines is 1. The summed E-state index contributed by atoms with van der Waals surface area (Å²) >= 11 is 0. The lowest BCUT2D eigenvalue weighted by atomic mass is 10.3. The zero-order valence-electron chi connectivity index (χ0n) is 7.02. The van der Waals surface area contributed by atoms with Gasteiger partial charge in [-0.3, -0.25) is 0 Å². The lowest BCUT2D eigenvalue weighted by Gasteiger charge is -2.12. The molecule has 0 amide bonds. The smallest absolute Gasteiger partial charge is 0.144 e. The molecule has 1 aromatic rings. The highest BCUT2D eigenvalue weighted by Crippen LogP contribution is 2.26. The van der Waals surface area contributed by atoms with Crippen LogP contribution < -0.4 is 9.75 Å². The van der Waals surface area contributed by atoms with E-state index < -0.39 is 0 Å². The third-order valence-electron chi connectivity index (χ3n) is 1.56. The molecule has 0 aliphatic rings. The molecule has 0 spiro atoms. The maximum Gasteiger partial charge on any atom is 0.144 e. The van der Waals surface area contributed by atoms with Crippen LogP contribution in [0.25, 0.3) is 0 Å². The summed E-state index contributed by atoms with van der Waals surface area (Å²) in [5.74, 6) is 0.639. The van der Waals surface area contributed by atoms with Crippen molar-refractivity contribution in [1.29, 1.82) is 0 Å². The minimum absolute atomic E-state index is 0.639. The normalized spacial score (nSPS) is 9.17. The van der Waals surface area contributed by atoms with Gasteiger partial charge in [-0.2, -0.15) is 0 Å². The molecule has 0 saturated carbocycles. The van der Waals surface area contributed by atoms with Gasteiger partial charge < -0.3 is 4.74 Å². The van der Waals surface area contributed by atoms with Crippen LogP contribution in [0.15, 0.2) is 29.6 Å². The van der Waals surface area contributed by atoms with Crippen molar-refractivity contribution in [2.45, 2.75) is 0 Å². The number of nitrogens with zero attached hydrogens (tertiary/aromatic N) is 2. The van der Waals surface area contributed by atoms with E-state index in [1.54, 1.807) is 26.3 Å². The van der Waals surface area contributed by atoms with E-state index in [4.69, 9.17) is 4.74 Å². The molecule has 0 atom stereocenters. The van der Waals surface area contributed by atoms with Crippen molar-refractivity contribution in [3.05, 3.63) is 29.2 Å². The van der Waals surface area contributed by atoms with E-state index in [1.807, 2.05) is 12.1 Å². The first kappa shape index (κ1) is 8.52. The van der Waals surface area contributed by atoms with Gasteiger partial charge in [-0.1, -0.05) is 12.1 Å².